The Morgan fingerprint density at radius 1 is 0.898 bits per heavy atom. The van der Waals surface area contributed by atoms with Crippen molar-refractivity contribution in [3.8, 4) is 33.8 Å². The molecule has 0 saturated carbocycles. The van der Waals surface area contributed by atoms with E-state index in [9.17, 15) is 38.7 Å². The fourth-order valence-electron chi connectivity index (χ4n) is 6.18. The van der Waals surface area contributed by atoms with Crippen molar-refractivity contribution in [1.82, 2.24) is 26.2 Å². The highest BCUT2D eigenvalue weighted by Crippen LogP contribution is 2.39. The van der Waals surface area contributed by atoms with Crippen LogP contribution in [-0.2, 0) is 39.9 Å². The summed E-state index contributed by atoms with van der Waals surface area (Å²) in [5.74, 6) is -4.67. The Labute approximate surface area is 344 Å². The molecule has 5 amide bonds. The molecule has 308 valence electrons. The quantitative estimate of drug-likeness (QED) is 0.107. The highest BCUT2D eigenvalue weighted by atomic mass is 35.5. The summed E-state index contributed by atoms with van der Waals surface area (Å²) in [6.07, 6.45) is -0.103. The van der Waals surface area contributed by atoms with E-state index in [2.05, 4.69) is 26.0 Å². The van der Waals surface area contributed by atoms with Gasteiger partial charge in [0.25, 0.3) is 5.91 Å². The average Bonchev–Trinajstić information content (AvgIpc) is 3.23. The number of carbonyl (C=O) groups is 7. The van der Waals surface area contributed by atoms with Gasteiger partial charge in [0.1, 0.15) is 30.2 Å². The summed E-state index contributed by atoms with van der Waals surface area (Å²) < 4.78 is 10.6. The number of aromatic hydroxyl groups is 1. The monoisotopic (exact) mass is 826 g/mol. The molecule has 7 N–H and O–H groups in total. The molecule has 1 aliphatic heterocycles. The van der Waals surface area contributed by atoms with Crippen molar-refractivity contribution >= 4 is 52.9 Å². The van der Waals surface area contributed by atoms with Gasteiger partial charge in [-0.2, -0.15) is 0 Å². The lowest BCUT2D eigenvalue weighted by atomic mass is 9.94. The number of nitrogens with zero attached hydrogens (tertiary/aromatic N) is 1. The van der Waals surface area contributed by atoms with Gasteiger partial charge in [0.05, 0.1) is 19.6 Å². The van der Waals surface area contributed by atoms with E-state index >= 15 is 0 Å². The van der Waals surface area contributed by atoms with E-state index in [0.29, 0.717) is 21.7 Å². The molecule has 2 atom stereocenters. The molecule has 1 heterocycles. The summed E-state index contributed by atoms with van der Waals surface area (Å²) in [5, 5.41) is 21.8. The second kappa shape index (κ2) is 20.1. The van der Waals surface area contributed by atoms with E-state index in [1.54, 1.807) is 66.7 Å². The maximum atomic E-state index is 14.0. The molecule has 0 aromatic heterocycles. The SMILES string of the molecule is CC(=O)OCC(=O)CNC(=O)C1Cc2ccc(O)c(c2)-c2cc(ccc2OCCN)C(N(C)C(=O)CNC(=O)c2ccc(-c3ccc(Cl)cc3)cc2)C(=O)NCC(=O)N1. The van der Waals surface area contributed by atoms with Crippen LogP contribution < -0.4 is 31.7 Å². The number of rotatable bonds is 13. The molecule has 4 aromatic carbocycles. The number of nitrogens with one attached hydrogen (secondary N) is 4. The minimum absolute atomic E-state index is 0.100. The lowest BCUT2D eigenvalue weighted by Gasteiger charge is -2.29. The van der Waals surface area contributed by atoms with Crippen molar-refractivity contribution in [3.05, 3.63) is 107 Å². The second-order valence-corrected chi connectivity index (χ2v) is 13.9. The topological polar surface area (TPSA) is 236 Å². The number of halogens is 1. The number of amides is 5. The Bertz CT molecular complexity index is 2230. The molecule has 2 unspecified atom stereocenters. The molecular formula is C42H43ClN6O10. The number of Topliss-reactive ketones (excluding diaryl/α,β-unsaturated/α-hetero) is 1. The van der Waals surface area contributed by atoms with E-state index in [4.69, 9.17) is 22.1 Å². The minimum Gasteiger partial charge on any atom is -0.507 e. The summed E-state index contributed by atoms with van der Waals surface area (Å²) in [7, 11) is 1.36. The largest absolute Gasteiger partial charge is 0.507 e. The van der Waals surface area contributed by atoms with Crippen LogP contribution in [0, 0.1) is 0 Å². The molecule has 0 fully saturated rings. The van der Waals surface area contributed by atoms with Crippen molar-refractivity contribution in [2.24, 2.45) is 5.73 Å². The number of phenolic OH excluding ortho intramolecular Hbond substituents is 1. The van der Waals surface area contributed by atoms with Gasteiger partial charge < -0.3 is 46.5 Å². The summed E-state index contributed by atoms with van der Waals surface area (Å²) >= 11 is 6.00. The van der Waals surface area contributed by atoms with Crippen LogP contribution in [0.1, 0.15) is 34.5 Å². The number of hydrogen-bond acceptors (Lipinski definition) is 11. The Kier molecular flexibility index (Phi) is 14.7. The number of ketones is 1. The van der Waals surface area contributed by atoms with Crippen LogP contribution in [0.3, 0.4) is 0 Å². The van der Waals surface area contributed by atoms with Crippen LogP contribution in [0.4, 0.5) is 0 Å². The lowest BCUT2D eigenvalue weighted by Crippen LogP contribution is -2.52. The van der Waals surface area contributed by atoms with E-state index in [1.165, 1.54) is 13.1 Å². The number of esters is 1. The van der Waals surface area contributed by atoms with Gasteiger partial charge in [-0.1, -0.05) is 48.0 Å². The molecule has 1 aliphatic rings. The fourth-order valence-corrected chi connectivity index (χ4v) is 6.31. The van der Waals surface area contributed by atoms with E-state index in [-0.39, 0.29) is 42.2 Å². The van der Waals surface area contributed by atoms with Gasteiger partial charge in [-0.15, -0.1) is 0 Å². The van der Waals surface area contributed by atoms with E-state index in [0.717, 1.165) is 23.0 Å². The van der Waals surface area contributed by atoms with Gasteiger partial charge in [0, 0.05) is 48.6 Å². The lowest BCUT2D eigenvalue weighted by molar-refractivity contribution is -0.145. The van der Waals surface area contributed by atoms with Gasteiger partial charge in [0.2, 0.25) is 23.6 Å². The molecule has 16 nitrogen and oxygen atoms in total. The van der Waals surface area contributed by atoms with E-state index in [1.807, 2.05) is 12.1 Å². The van der Waals surface area contributed by atoms with Gasteiger partial charge >= 0.3 is 5.97 Å². The van der Waals surface area contributed by atoms with Crippen LogP contribution in [0.25, 0.3) is 22.3 Å². The highest BCUT2D eigenvalue weighted by molar-refractivity contribution is 6.30. The number of benzene rings is 4. The molecular weight excluding hydrogens is 784 g/mol. The third-order valence-corrected chi connectivity index (χ3v) is 9.46. The molecule has 4 bridgehead atoms. The zero-order valence-electron chi connectivity index (χ0n) is 32.2. The summed E-state index contributed by atoms with van der Waals surface area (Å²) in [6, 6.07) is 20.5. The van der Waals surface area contributed by atoms with Gasteiger partial charge in [0.15, 0.2) is 12.4 Å². The third-order valence-electron chi connectivity index (χ3n) is 9.21. The van der Waals surface area contributed by atoms with Crippen LogP contribution >= 0.6 is 11.6 Å². The second-order valence-electron chi connectivity index (χ2n) is 13.5. The van der Waals surface area contributed by atoms with Crippen LogP contribution in [0.15, 0.2) is 84.9 Å². The van der Waals surface area contributed by atoms with E-state index < -0.39 is 79.6 Å². The maximum absolute atomic E-state index is 14.0. The van der Waals surface area contributed by atoms with Gasteiger partial charge in [-0.25, -0.2) is 0 Å². The first-order chi connectivity index (χ1) is 28.2. The number of fused-ring (bicyclic) bond motifs is 5. The predicted molar refractivity (Wildman–Crippen MR) is 216 cm³/mol. The Balaban J connectivity index is 1.41. The van der Waals surface area contributed by atoms with Gasteiger partial charge in [-0.3, -0.25) is 33.6 Å². The van der Waals surface area contributed by atoms with Crippen molar-refractivity contribution in [2.75, 3.05) is 46.4 Å². The third kappa shape index (κ3) is 11.6. The summed E-state index contributed by atoms with van der Waals surface area (Å²) in [5.41, 5.74) is 9.08. The smallest absolute Gasteiger partial charge is 0.303 e. The van der Waals surface area contributed by atoms with Crippen LogP contribution in [-0.4, -0.2) is 104 Å². The first-order valence-electron chi connectivity index (χ1n) is 18.4. The zero-order valence-corrected chi connectivity index (χ0v) is 33.0. The first-order valence-corrected chi connectivity index (χ1v) is 18.8. The molecule has 0 saturated heterocycles. The molecule has 0 spiro atoms. The number of hydrogen-bond donors (Lipinski definition) is 6. The standard InChI is InChI=1S/C42H43ClN6O10/c1-24(50)59-23-31(51)20-45-41(56)34-18-25-3-13-35(52)32(17-25)33-19-29(10-14-36(33)58-16-15-44)39(42(57)46-21-37(53)48-34)49(2)38(54)22-47-40(55)28-6-4-26(5-7-28)27-8-11-30(43)12-9-27/h3-14,17,19,34,39,52H,15-16,18,20-23,44H2,1-2H3,(H,45,56)(H,46,57)(H,47,55)(H,48,53). The van der Waals surface area contributed by atoms with Crippen molar-refractivity contribution in [1.29, 1.82) is 0 Å². The van der Waals surface area contributed by atoms with Crippen molar-refractivity contribution in [3.63, 3.8) is 0 Å². The number of carbonyl (C=O) groups excluding carboxylic acids is 7. The molecule has 4 aromatic rings. The van der Waals surface area contributed by atoms with Crippen molar-refractivity contribution < 1.29 is 48.1 Å². The number of likely N-dealkylation sites (N-methyl/N-ethyl adjacent to an activating group) is 1. The summed E-state index contributed by atoms with van der Waals surface area (Å²) in [4.78, 5) is 91.8. The molecule has 5 rings (SSSR count). The predicted octanol–water partition coefficient (Wildman–Crippen LogP) is 2.05. The maximum Gasteiger partial charge on any atom is 0.303 e. The normalized spacial score (nSPS) is 15.1. The average molecular weight is 827 g/mol. The van der Waals surface area contributed by atoms with Crippen LogP contribution in [0.2, 0.25) is 5.02 Å². The first kappa shape index (κ1) is 43.3. The summed E-state index contributed by atoms with van der Waals surface area (Å²) in [6.45, 7) is -0.765. The minimum atomic E-state index is -1.37. The molecule has 17 heteroatoms. The van der Waals surface area contributed by atoms with Crippen LogP contribution in [0.5, 0.6) is 11.5 Å². The highest BCUT2D eigenvalue weighted by Gasteiger charge is 2.31. The van der Waals surface area contributed by atoms with Gasteiger partial charge in [-0.05, 0) is 70.8 Å². The Morgan fingerprint density at radius 2 is 1.59 bits per heavy atom. The van der Waals surface area contributed by atoms with Crippen molar-refractivity contribution in [2.45, 2.75) is 25.4 Å². The molecule has 0 aliphatic carbocycles. The number of phenols is 1. The zero-order chi connectivity index (χ0) is 42.6. The Morgan fingerprint density at radius 3 is 2.27 bits per heavy atom. The Hall–Kier alpha value is -6.78. The number of nitrogens with two attached hydrogens (primary N) is 1. The fraction of sp³-hybridized carbons (Fsp3) is 0.262. The number of ether oxygens (including phenoxy) is 2. The molecule has 0 radical (unpaired) electrons. The molecule has 59 heavy (non-hydrogen) atoms.